The molecule has 144 valence electrons. The van der Waals surface area contributed by atoms with Crippen LogP contribution in [0.1, 0.15) is 46.1 Å². The first kappa shape index (κ1) is 17.7. The molecular formula is C24H23FO3. The van der Waals surface area contributed by atoms with Crippen LogP contribution < -0.4 is 0 Å². The molecule has 2 heterocycles. The van der Waals surface area contributed by atoms with E-state index in [4.69, 9.17) is 4.74 Å². The molecule has 6 atom stereocenters. The van der Waals surface area contributed by atoms with Crippen LogP contribution in [0.5, 0.6) is 0 Å². The third kappa shape index (κ3) is 2.37. The Morgan fingerprint density at radius 3 is 2.32 bits per heavy atom. The van der Waals surface area contributed by atoms with Gasteiger partial charge in [-0.1, -0.05) is 29.8 Å². The maximum atomic E-state index is 13.7. The summed E-state index contributed by atoms with van der Waals surface area (Å²) in [6, 6.07) is 10.6. The van der Waals surface area contributed by atoms with E-state index in [-0.39, 0.29) is 41.4 Å². The summed E-state index contributed by atoms with van der Waals surface area (Å²) in [5, 5.41) is 0. The van der Waals surface area contributed by atoms with E-state index < -0.39 is 11.8 Å². The number of ether oxygens (including phenoxy) is 1. The van der Waals surface area contributed by atoms with Crippen LogP contribution in [-0.2, 0) is 14.3 Å². The molecule has 3 fully saturated rings. The number of aryl methyl sites for hydroxylation is 3. The van der Waals surface area contributed by atoms with Crippen LogP contribution >= 0.6 is 0 Å². The number of rotatable bonds is 2. The molecule has 2 aliphatic heterocycles. The Labute approximate surface area is 163 Å². The third-order valence-electron chi connectivity index (χ3n) is 6.89. The first-order valence-corrected chi connectivity index (χ1v) is 9.93. The fraction of sp³-hybridized carbons (Fsp3) is 0.417. The fourth-order valence-electron chi connectivity index (χ4n) is 5.96. The minimum absolute atomic E-state index is 0.00949. The molecule has 0 N–H and O–H groups in total. The Kier molecular flexibility index (Phi) is 3.86. The number of Topliss-reactive ketones (excluding diaryl/α,β-unsaturated/α-hetero) is 2. The summed E-state index contributed by atoms with van der Waals surface area (Å²) in [6.07, 6.45) is 0.104. The summed E-state index contributed by atoms with van der Waals surface area (Å²) in [5.74, 6) is -1.77. The molecule has 1 unspecified atom stereocenters. The number of halogens is 1. The molecule has 2 aromatic carbocycles. The Morgan fingerprint density at radius 2 is 1.64 bits per heavy atom. The molecule has 28 heavy (non-hydrogen) atoms. The smallest absolute Gasteiger partial charge is 0.154 e. The van der Waals surface area contributed by atoms with Gasteiger partial charge in [0.2, 0.25) is 0 Å². The molecule has 0 aromatic heterocycles. The molecule has 1 saturated carbocycles. The van der Waals surface area contributed by atoms with Crippen LogP contribution in [0, 0.1) is 38.4 Å². The van der Waals surface area contributed by atoms with Crippen molar-refractivity contribution in [1.82, 2.24) is 0 Å². The monoisotopic (exact) mass is 378 g/mol. The highest BCUT2D eigenvalue weighted by Gasteiger charge is 2.66. The number of ketones is 2. The van der Waals surface area contributed by atoms with Crippen molar-refractivity contribution < 1.29 is 18.7 Å². The van der Waals surface area contributed by atoms with Gasteiger partial charge in [-0.25, -0.2) is 4.39 Å². The zero-order valence-corrected chi connectivity index (χ0v) is 16.2. The topological polar surface area (TPSA) is 43.4 Å². The van der Waals surface area contributed by atoms with Crippen LogP contribution in [0.25, 0.3) is 0 Å². The first-order valence-electron chi connectivity index (χ1n) is 9.93. The average Bonchev–Trinajstić information content (AvgIpc) is 3.28. The maximum Gasteiger partial charge on any atom is 0.154 e. The lowest BCUT2D eigenvalue weighted by Crippen LogP contribution is -2.34. The number of carbonyl (C=O) groups excluding carboxylic acids is 2. The molecule has 4 heteroatoms. The summed E-state index contributed by atoms with van der Waals surface area (Å²) in [7, 11) is 0. The number of fused-ring (bicyclic) bond motifs is 5. The van der Waals surface area contributed by atoms with E-state index in [9.17, 15) is 14.0 Å². The summed E-state index contributed by atoms with van der Waals surface area (Å²) >= 11 is 0. The molecule has 2 saturated heterocycles. The van der Waals surface area contributed by atoms with E-state index in [0.29, 0.717) is 6.42 Å². The van der Waals surface area contributed by atoms with Crippen molar-refractivity contribution in [3.05, 3.63) is 70.0 Å². The predicted molar refractivity (Wildman–Crippen MR) is 103 cm³/mol. The van der Waals surface area contributed by atoms with Crippen LogP contribution in [-0.4, -0.2) is 23.8 Å². The van der Waals surface area contributed by atoms with Gasteiger partial charge in [0.1, 0.15) is 11.7 Å². The molecule has 0 spiro atoms. The Hall–Kier alpha value is -2.33. The largest absolute Gasteiger partial charge is 0.373 e. The van der Waals surface area contributed by atoms with Crippen LogP contribution in [0.4, 0.5) is 4.39 Å². The third-order valence-corrected chi connectivity index (χ3v) is 6.89. The summed E-state index contributed by atoms with van der Waals surface area (Å²) in [4.78, 5) is 26.8. The van der Waals surface area contributed by atoms with Gasteiger partial charge >= 0.3 is 0 Å². The SMILES string of the molecule is Cc1cc(C)c(C2C(=O)[C@@H]3[C@@H]4O[C@@H](C[C@H]4c4cccc(F)c4)[C@@H]3C2=O)c(C)c1. The highest BCUT2D eigenvalue weighted by atomic mass is 19.1. The highest BCUT2D eigenvalue weighted by Crippen LogP contribution is 2.57. The van der Waals surface area contributed by atoms with E-state index in [2.05, 4.69) is 0 Å². The summed E-state index contributed by atoms with van der Waals surface area (Å²) < 4.78 is 19.8. The number of carbonyl (C=O) groups is 2. The van der Waals surface area contributed by atoms with Crippen molar-refractivity contribution in [3.8, 4) is 0 Å². The highest BCUT2D eigenvalue weighted by molar-refractivity contribution is 6.17. The number of benzene rings is 2. The Balaban J connectivity index is 1.52. The van der Waals surface area contributed by atoms with Crippen LogP contribution in [0.3, 0.4) is 0 Å². The van der Waals surface area contributed by atoms with Crippen LogP contribution in [0.15, 0.2) is 36.4 Å². The van der Waals surface area contributed by atoms with E-state index >= 15 is 0 Å². The molecule has 2 aromatic rings. The van der Waals surface area contributed by atoms with Gasteiger partial charge < -0.3 is 4.74 Å². The second kappa shape index (κ2) is 6.08. The normalized spacial score (nSPS) is 33.6. The molecule has 3 nitrogen and oxygen atoms in total. The van der Waals surface area contributed by atoms with Crippen molar-refractivity contribution >= 4 is 11.6 Å². The quantitative estimate of drug-likeness (QED) is 0.737. The molecule has 2 bridgehead atoms. The van der Waals surface area contributed by atoms with Crippen molar-refractivity contribution in [3.63, 3.8) is 0 Å². The molecule has 1 aliphatic carbocycles. The summed E-state index contributed by atoms with van der Waals surface area (Å²) in [5.41, 5.74) is 4.86. The Morgan fingerprint density at radius 1 is 0.964 bits per heavy atom. The van der Waals surface area contributed by atoms with Gasteiger partial charge in [0.05, 0.1) is 24.0 Å². The molecular weight excluding hydrogens is 355 g/mol. The number of hydrogen-bond donors (Lipinski definition) is 0. The molecule has 3 aliphatic rings. The Bertz CT molecular complexity index is 988. The maximum absolute atomic E-state index is 13.7. The van der Waals surface area contributed by atoms with Gasteiger partial charge in [-0.3, -0.25) is 9.59 Å². The second-order valence-electron chi connectivity index (χ2n) is 8.64. The molecule has 5 rings (SSSR count). The lowest BCUT2D eigenvalue weighted by atomic mass is 9.73. The molecule has 0 amide bonds. The second-order valence-corrected chi connectivity index (χ2v) is 8.64. The zero-order valence-electron chi connectivity index (χ0n) is 16.2. The predicted octanol–water partition coefficient (Wildman–Crippen LogP) is 4.17. The standard InChI is InChI=1S/C24H23FO3/c1-11-7-12(2)18(13(3)8-11)20-22(26)19-17-10-16(14-5-4-6-15(25)9-14)24(28-17)21(19)23(20)27/h4-9,16-17,19-21,24H,10H2,1-3H3/t16-,17-,19-,20?,21+,24+/m0/s1. The van der Waals surface area contributed by atoms with E-state index in [1.165, 1.54) is 12.1 Å². The fourth-order valence-corrected chi connectivity index (χ4v) is 5.96. The van der Waals surface area contributed by atoms with Gasteiger partial charge in [-0.2, -0.15) is 0 Å². The lowest BCUT2D eigenvalue weighted by Gasteiger charge is -2.26. The van der Waals surface area contributed by atoms with Gasteiger partial charge in [0, 0.05) is 5.92 Å². The van der Waals surface area contributed by atoms with Gasteiger partial charge in [-0.05, 0) is 61.6 Å². The van der Waals surface area contributed by atoms with Crippen molar-refractivity contribution in [2.45, 2.75) is 51.2 Å². The van der Waals surface area contributed by atoms with E-state index in [0.717, 1.165) is 27.8 Å². The summed E-state index contributed by atoms with van der Waals surface area (Å²) in [6.45, 7) is 5.98. The van der Waals surface area contributed by atoms with E-state index in [1.54, 1.807) is 6.07 Å². The van der Waals surface area contributed by atoms with Crippen LogP contribution in [0.2, 0.25) is 0 Å². The van der Waals surface area contributed by atoms with Crippen molar-refractivity contribution in [2.75, 3.05) is 0 Å². The number of hydrogen-bond acceptors (Lipinski definition) is 3. The van der Waals surface area contributed by atoms with Gasteiger partial charge in [0.15, 0.2) is 11.6 Å². The minimum atomic E-state index is -0.684. The molecule has 0 radical (unpaired) electrons. The van der Waals surface area contributed by atoms with E-state index in [1.807, 2.05) is 39.0 Å². The van der Waals surface area contributed by atoms with Gasteiger partial charge in [0.25, 0.3) is 0 Å². The average molecular weight is 378 g/mol. The van der Waals surface area contributed by atoms with Crippen molar-refractivity contribution in [1.29, 1.82) is 0 Å². The zero-order chi connectivity index (χ0) is 19.7. The minimum Gasteiger partial charge on any atom is -0.373 e. The van der Waals surface area contributed by atoms with Crippen molar-refractivity contribution in [2.24, 2.45) is 11.8 Å². The first-order chi connectivity index (χ1) is 13.4. The van der Waals surface area contributed by atoms with Gasteiger partial charge in [-0.15, -0.1) is 0 Å². The lowest BCUT2D eigenvalue weighted by molar-refractivity contribution is -0.127.